The van der Waals surface area contributed by atoms with Crippen LogP contribution < -0.4 is 4.74 Å². The fourth-order valence-corrected chi connectivity index (χ4v) is 3.41. The molecule has 0 radical (unpaired) electrons. The number of methoxy groups -OCH3 is 1. The van der Waals surface area contributed by atoms with Crippen LogP contribution in [-0.2, 0) is 6.42 Å². The predicted molar refractivity (Wildman–Crippen MR) is 89.5 cm³/mol. The maximum absolute atomic E-state index is 5.35. The van der Waals surface area contributed by atoms with Crippen molar-refractivity contribution in [1.82, 2.24) is 4.98 Å². The van der Waals surface area contributed by atoms with Gasteiger partial charge in [-0.15, -0.1) is 11.3 Å². The molecule has 3 heteroatoms. The van der Waals surface area contributed by atoms with Crippen LogP contribution in [0.4, 0.5) is 0 Å². The monoisotopic (exact) mass is 297 g/mol. The lowest BCUT2D eigenvalue weighted by Crippen LogP contribution is -1.92. The average Bonchev–Trinajstić information content (AvgIpc) is 2.96. The van der Waals surface area contributed by atoms with Gasteiger partial charge in [0.2, 0.25) is 0 Å². The zero-order valence-corrected chi connectivity index (χ0v) is 13.4. The molecule has 0 aliphatic rings. The summed E-state index contributed by atoms with van der Waals surface area (Å²) >= 11 is 1.75. The molecule has 0 fully saturated rings. The second-order valence-electron chi connectivity index (χ2n) is 5.50. The van der Waals surface area contributed by atoms with E-state index in [0.717, 1.165) is 12.2 Å². The van der Waals surface area contributed by atoms with Crippen molar-refractivity contribution < 1.29 is 4.74 Å². The first kappa shape index (κ1) is 14.1. The molecule has 2 aromatic carbocycles. The van der Waals surface area contributed by atoms with Crippen molar-refractivity contribution in [3.63, 3.8) is 0 Å². The number of benzene rings is 2. The molecule has 3 aromatic rings. The van der Waals surface area contributed by atoms with Gasteiger partial charge in [-0.3, -0.25) is 0 Å². The third kappa shape index (κ3) is 2.93. The van der Waals surface area contributed by atoms with Gasteiger partial charge in [0.25, 0.3) is 0 Å². The van der Waals surface area contributed by atoms with Crippen molar-refractivity contribution in [2.24, 2.45) is 0 Å². The summed E-state index contributed by atoms with van der Waals surface area (Å²) in [6.07, 6.45) is 0.877. The summed E-state index contributed by atoms with van der Waals surface area (Å²) in [6, 6.07) is 12.7. The van der Waals surface area contributed by atoms with E-state index in [1.54, 1.807) is 18.4 Å². The molecule has 0 atom stereocenters. The molecule has 1 heterocycles. The first-order valence-electron chi connectivity index (χ1n) is 7.17. The number of hydrogen-bond acceptors (Lipinski definition) is 3. The van der Waals surface area contributed by atoms with Crippen molar-refractivity contribution in [3.8, 4) is 5.75 Å². The van der Waals surface area contributed by atoms with Gasteiger partial charge in [0.1, 0.15) is 5.75 Å². The minimum absolute atomic E-state index is 0.489. The van der Waals surface area contributed by atoms with Crippen LogP contribution in [0.3, 0.4) is 0 Å². The number of nitrogens with zero attached hydrogens (tertiary/aromatic N) is 1. The van der Waals surface area contributed by atoms with E-state index in [4.69, 9.17) is 9.72 Å². The molecule has 21 heavy (non-hydrogen) atoms. The smallest absolute Gasteiger partial charge is 0.119 e. The molecule has 0 aliphatic heterocycles. The van der Waals surface area contributed by atoms with Gasteiger partial charge in [-0.2, -0.15) is 0 Å². The lowest BCUT2D eigenvalue weighted by molar-refractivity contribution is 0.415. The Hall–Kier alpha value is -1.87. The van der Waals surface area contributed by atoms with Crippen LogP contribution in [0.25, 0.3) is 10.8 Å². The minimum Gasteiger partial charge on any atom is -0.497 e. The molecule has 0 N–H and O–H groups in total. The highest BCUT2D eigenvalue weighted by Gasteiger charge is 2.09. The van der Waals surface area contributed by atoms with Crippen LogP contribution in [0.1, 0.15) is 36.0 Å². The van der Waals surface area contributed by atoms with Gasteiger partial charge < -0.3 is 4.74 Å². The number of rotatable bonds is 4. The molecule has 1 aromatic heterocycles. The molecule has 0 spiro atoms. The summed E-state index contributed by atoms with van der Waals surface area (Å²) in [7, 11) is 1.71. The zero-order chi connectivity index (χ0) is 14.8. The van der Waals surface area contributed by atoms with E-state index in [1.165, 1.54) is 27.0 Å². The summed E-state index contributed by atoms with van der Waals surface area (Å²) in [5, 5.41) is 5.84. The molecule has 3 rings (SSSR count). The van der Waals surface area contributed by atoms with Gasteiger partial charge in [0.05, 0.1) is 17.8 Å². The lowest BCUT2D eigenvalue weighted by atomic mass is 10.0. The van der Waals surface area contributed by atoms with Crippen molar-refractivity contribution >= 4 is 22.1 Å². The molecular weight excluding hydrogens is 278 g/mol. The standard InChI is InChI=1S/C18H19NOS/c1-12(2)17-11-21-18(19-17)9-14-6-4-5-13-7-8-15(20-3)10-16(13)14/h4-8,10-12H,9H2,1-3H3. The van der Waals surface area contributed by atoms with E-state index < -0.39 is 0 Å². The normalized spacial score (nSPS) is 11.2. The van der Waals surface area contributed by atoms with Gasteiger partial charge in [0, 0.05) is 11.8 Å². The molecule has 0 bridgehead atoms. The Morgan fingerprint density at radius 1 is 1.19 bits per heavy atom. The topological polar surface area (TPSA) is 22.1 Å². The number of hydrogen-bond donors (Lipinski definition) is 0. The predicted octanol–water partition coefficient (Wildman–Crippen LogP) is 5.02. The summed E-state index contributed by atoms with van der Waals surface area (Å²) in [5.41, 5.74) is 2.49. The maximum Gasteiger partial charge on any atom is 0.119 e. The number of aromatic nitrogens is 1. The minimum atomic E-state index is 0.489. The van der Waals surface area contributed by atoms with Gasteiger partial charge >= 0.3 is 0 Å². The molecule has 0 unspecified atom stereocenters. The maximum atomic E-state index is 5.35. The van der Waals surface area contributed by atoms with Crippen molar-refractivity contribution in [3.05, 3.63) is 58.0 Å². The SMILES string of the molecule is COc1ccc2cccc(Cc3nc(C(C)C)cs3)c2c1. The molecular formula is C18H19NOS. The Kier molecular flexibility index (Phi) is 3.93. The number of fused-ring (bicyclic) bond motifs is 1. The molecule has 108 valence electrons. The largest absolute Gasteiger partial charge is 0.497 e. The zero-order valence-electron chi connectivity index (χ0n) is 12.6. The van der Waals surface area contributed by atoms with E-state index in [2.05, 4.69) is 49.6 Å². The molecule has 0 aliphatic carbocycles. The van der Waals surface area contributed by atoms with Gasteiger partial charge in [-0.05, 0) is 34.4 Å². The van der Waals surface area contributed by atoms with Crippen LogP contribution in [0.15, 0.2) is 41.8 Å². The highest BCUT2D eigenvalue weighted by molar-refractivity contribution is 7.09. The first-order valence-corrected chi connectivity index (χ1v) is 8.05. The van der Waals surface area contributed by atoms with Gasteiger partial charge in [-0.25, -0.2) is 4.98 Å². The fraction of sp³-hybridized carbons (Fsp3) is 0.278. The van der Waals surface area contributed by atoms with Crippen LogP contribution in [0, 0.1) is 0 Å². The third-order valence-electron chi connectivity index (χ3n) is 3.68. The van der Waals surface area contributed by atoms with E-state index in [0.29, 0.717) is 5.92 Å². The van der Waals surface area contributed by atoms with E-state index in [1.807, 2.05) is 6.07 Å². The van der Waals surface area contributed by atoms with Crippen LogP contribution in [-0.4, -0.2) is 12.1 Å². The Balaban J connectivity index is 1.99. The number of thiazole rings is 1. The van der Waals surface area contributed by atoms with Gasteiger partial charge in [-0.1, -0.05) is 38.1 Å². The summed E-state index contributed by atoms with van der Waals surface area (Å²) in [5.74, 6) is 1.39. The van der Waals surface area contributed by atoms with Crippen LogP contribution in [0.5, 0.6) is 5.75 Å². The average molecular weight is 297 g/mol. The van der Waals surface area contributed by atoms with Crippen LogP contribution >= 0.6 is 11.3 Å². The second-order valence-corrected chi connectivity index (χ2v) is 6.44. The second kappa shape index (κ2) is 5.86. The Morgan fingerprint density at radius 2 is 2.05 bits per heavy atom. The number of ether oxygens (including phenoxy) is 1. The van der Waals surface area contributed by atoms with Gasteiger partial charge in [0.15, 0.2) is 0 Å². The van der Waals surface area contributed by atoms with Crippen molar-refractivity contribution in [2.45, 2.75) is 26.2 Å². The summed E-state index contributed by atoms with van der Waals surface area (Å²) in [6.45, 7) is 4.36. The van der Waals surface area contributed by atoms with E-state index >= 15 is 0 Å². The molecule has 0 saturated carbocycles. The Labute approximate surface area is 129 Å². The summed E-state index contributed by atoms with van der Waals surface area (Å²) in [4.78, 5) is 4.74. The highest BCUT2D eigenvalue weighted by atomic mass is 32.1. The first-order chi connectivity index (χ1) is 10.2. The third-order valence-corrected chi connectivity index (χ3v) is 4.55. The van der Waals surface area contributed by atoms with E-state index in [9.17, 15) is 0 Å². The highest BCUT2D eigenvalue weighted by Crippen LogP contribution is 2.27. The molecule has 0 amide bonds. The molecule has 2 nitrogen and oxygen atoms in total. The Bertz CT molecular complexity index is 761. The fourth-order valence-electron chi connectivity index (χ4n) is 2.43. The quantitative estimate of drug-likeness (QED) is 0.674. The Morgan fingerprint density at radius 3 is 2.76 bits per heavy atom. The van der Waals surface area contributed by atoms with Crippen LogP contribution in [0.2, 0.25) is 0 Å². The molecule has 0 saturated heterocycles. The van der Waals surface area contributed by atoms with Crippen molar-refractivity contribution in [2.75, 3.05) is 7.11 Å². The van der Waals surface area contributed by atoms with Crippen molar-refractivity contribution in [1.29, 1.82) is 0 Å². The summed E-state index contributed by atoms with van der Waals surface area (Å²) < 4.78 is 5.35. The van der Waals surface area contributed by atoms with E-state index in [-0.39, 0.29) is 0 Å². The lowest BCUT2D eigenvalue weighted by Gasteiger charge is -2.07.